The number of fused-ring (bicyclic) bond motifs is 1. The highest BCUT2D eigenvalue weighted by Gasteiger charge is 2.39. The summed E-state index contributed by atoms with van der Waals surface area (Å²) in [5.41, 5.74) is 3.00. The number of hydrogen-bond acceptors (Lipinski definition) is 8. The molecule has 11 heteroatoms. The lowest BCUT2D eigenvalue weighted by Gasteiger charge is -2.28. The van der Waals surface area contributed by atoms with Crippen LogP contribution in [-0.4, -0.2) is 68.0 Å². The number of benzene rings is 2. The number of aromatic hydroxyl groups is 1. The van der Waals surface area contributed by atoms with Gasteiger partial charge in [-0.1, -0.05) is 18.2 Å². The molecule has 3 rings (SSSR count). The van der Waals surface area contributed by atoms with Gasteiger partial charge < -0.3 is 28.4 Å². The number of hydrogen-bond donors (Lipinski definition) is 2. The number of amides is 1. The molecule has 2 N–H and O–H groups in total. The normalized spacial score (nSPS) is 11.6. The summed E-state index contributed by atoms with van der Waals surface area (Å²) in [5.74, 6) is 0.0970. The van der Waals surface area contributed by atoms with Crippen LogP contribution in [0.3, 0.4) is 0 Å². The lowest BCUT2D eigenvalue weighted by atomic mass is 10.1. The Hall–Kier alpha value is -2.99. The molecule has 0 bridgehead atoms. The topological polar surface area (TPSA) is 117 Å². The highest BCUT2D eigenvalue weighted by Crippen LogP contribution is 2.24. The van der Waals surface area contributed by atoms with Crippen LogP contribution in [0.1, 0.15) is 39.2 Å². The average molecular weight is 517 g/mol. The minimum absolute atomic E-state index is 0.0970. The Morgan fingerprint density at radius 2 is 1.61 bits per heavy atom. The number of ether oxygens (including phenoxy) is 1. The summed E-state index contributed by atoms with van der Waals surface area (Å²) in [5, 5.41) is 21.9. The van der Waals surface area contributed by atoms with E-state index >= 15 is 0 Å². The van der Waals surface area contributed by atoms with Crippen molar-refractivity contribution in [3.63, 3.8) is 0 Å². The zero-order chi connectivity index (χ0) is 25.8. The molecule has 0 fully saturated rings. The van der Waals surface area contributed by atoms with Crippen LogP contribution in [0.2, 0.25) is 6.04 Å². The van der Waals surface area contributed by atoms with Crippen LogP contribution < -0.4 is 5.32 Å². The first-order valence-corrected chi connectivity index (χ1v) is 14.4. The monoisotopic (exact) mass is 516 g/mol. The van der Waals surface area contributed by atoms with Gasteiger partial charge in [0.25, 0.3) is 0 Å². The van der Waals surface area contributed by atoms with Crippen molar-refractivity contribution in [2.24, 2.45) is 0 Å². The van der Waals surface area contributed by atoms with Crippen molar-refractivity contribution in [3.05, 3.63) is 48.0 Å². The van der Waals surface area contributed by atoms with Crippen LogP contribution in [0.15, 0.2) is 42.5 Å². The predicted octanol–water partition coefficient (Wildman–Crippen LogP) is 4.22. The number of phenols is 1. The predicted molar refractivity (Wildman–Crippen MR) is 138 cm³/mol. The Kier molecular flexibility index (Phi) is 10.7. The van der Waals surface area contributed by atoms with Crippen molar-refractivity contribution in [3.8, 4) is 11.4 Å². The summed E-state index contributed by atoms with van der Waals surface area (Å²) in [6.07, 6.45) is 1.53. The van der Waals surface area contributed by atoms with E-state index in [4.69, 9.17) is 18.0 Å². The smallest absolute Gasteiger partial charge is 0.500 e. The summed E-state index contributed by atoms with van der Waals surface area (Å²) in [6.45, 7) is 8.08. The van der Waals surface area contributed by atoms with Crippen molar-refractivity contribution in [1.82, 2.24) is 20.3 Å². The van der Waals surface area contributed by atoms with Gasteiger partial charge in [0, 0.05) is 32.4 Å². The van der Waals surface area contributed by atoms with E-state index in [1.807, 2.05) is 57.2 Å². The first-order chi connectivity index (χ1) is 17.5. The van der Waals surface area contributed by atoms with Gasteiger partial charge in [-0.15, -0.1) is 15.0 Å². The SMILES string of the molecule is CCO[Si](CCCNC(=O)OCCCc1ccc(O)c(-n2nc3ccccc3n2)c1)(OCC)OCC. The minimum Gasteiger partial charge on any atom is -0.506 e. The summed E-state index contributed by atoms with van der Waals surface area (Å²) in [4.78, 5) is 13.5. The second kappa shape index (κ2) is 13.9. The Morgan fingerprint density at radius 1 is 0.972 bits per heavy atom. The number of carbonyl (C=O) groups excluding carboxylic acids is 1. The lowest BCUT2D eigenvalue weighted by molar-refractivity contribution is 0.0706. The van der Waals surface area contributed by atoms with Crippen molar-refractivity contribution < 1.29 is 27.9 Å². The van der Waals surface area contributed by atoms with Crippen LogP contribution in [0, 0.1) is 0 Å². The van der Waals surface area contributed by atoms with Crippen LogP contribution in [0.5, 0.6) is 5.75 Å². The zero-order valence-electron chi connectivity index (χ0n) is 21.2. The Morgan fingerprint density at radius 3 is 2.22 bits per heavy atom. The summed E-state index contributed by atoms with van der Waals surface area (Å²) in [6, 6.07) is 13.5. The summed E-state index contributed by atoms with van der Waals surface area (Å²) < 4.78 is 22.8. The first kappa shape index (κ1) is 27.6. The van der Waals surface area contributed by atoms with Crippen LogP contribution in [0.25, 0.3) is 16.7 Å². The van der Waals surface area contributed by atoms with Gasteiger partial charge in [-0.25, -0.2) is 4.79 Å². The third kappa shape index (κ3) is 7.75. The van der Waals surface area contributed by atoms with E-state index in [0.717, 1.165) is 16.6 Å². The molecule has 0 saturated heterocycles. The summed E-state index contributed by atoms with van der Waals surface area (Å²) >= 11 is 0. The van der Waals surface area contributed by atoms with Gasteiger partial charge in [-0.3, -0.25) is 0 Å². The molecule has 0 aliphatic carbocycles. The largest absolute Gasteiger partial charge is 0.506 e. The molecule has 0 unspecified atom stereocenters. The Balaban J connectivity index is 1.41. The number of aromatic nitrogens is 3. The highest BCUT2D eigenvalue weighted by atomic mass is 28.4. The fraction of sp³-hybridized carbons (Fsp3) is 0.480. The molecule has 3 aromatic rings. The number of phenolic OH excluding ortho intramolecular Hbond substituents is 1. The lowest BCUT2D eigenvalue weighted by Crippen LogP contribution is -2.46. The van der Waals surface area contributed by atoms with E-state index in [2.05, 4.69) is 15.5 Å². The zero-order valence-corrected chi connectivity index (χ0v) is 22.2. The standard InChI is InChI=1S/C25H36N4O6Si/c1-4-33-36(34-5-2,35-6-3)18-10-16-26-25(31)32-17-9-11-20-14-15-24(30)23(19-20)29-27-21-12-7-8-13-22(21)28-29/h7-8,12-15,19,30H,4-6,9-11,16-18H2,1-3H3,(H,26,31). The number of alkyl carbamates (subject to hydrolysis) is 1. The molecule has 0 atom stereocenters. The van der Waals surface area contributed by atoms with Crippen molar-refractivity contribution >= 4 is 25.9 Å². The molecule has 0 spiro atoms. The molecule has 10 nitrogen and oxygen atoms in total. The molecule has 0 aliphatic rings. The molecule has 0 radical (unpaired) electrons. The van der Waals surface area contributed by atoms with Crippen LogP contribution in [0.4, 0.5) is 4.79 Å². The van der Waals surface area contributed by atoms with Crippen molar-refractivity contribution in [2.75, 3.05) is 33.0 Å². The average Bonchev–Trinajstić information content (AvgIpc) is 3.30. The quantitative estimate of drug-likeness (QED) is 0.228. The fourth-order valence-corrected chi connectivity index (χ4v) is 6.45. The third-order valence-corrected chi connectivity index (χ3v) is 8.56. The van der Waals surface area contributed by atoms with Crippen LogP contribution in [-0.2, 0) is 24.4 Å². The van der Waals surface area contributed by atoms with Gasteiger partial charge in [0.1, 0.15) is 22.5 Å². The number of aryl methyl sites for hydroxylation is 1. The van der Waals surface area contributed by atoms with Crippen LogP contribution >= 0.6 is 0 Å². The number of carbonyl (C=O) groups is 1. The fourth-order valence-electron chi connectivity index (χ4n) is 3.84. The van der Waals surface area contributed by atoms with Gasteiger partial charge in [-0.05, 0) is 69.9 Å². The molecule has 1 amide bonds. The van der Waals surface area contributed by atoms with Gasteiger partial charge in [0.2, 0.25) is 0 Å². The second-order valence-corrected chi connectivity index (χ2v) is 10.8. The Bertz CT molecular complexity index is 1060. The van der Waals surface area contributed by atoms with E-state index in [1.54, 1.807) is 6.07 Å². The van der Waals surface area contributed by atoms with E-state index in [-0.39, 0.29) is 12.4 Å². The minimum atomic E-state index is -2.70. The molecule has 0 saturated carbocycles. The molecular weight excluding hydrogens is 480 g/mol. The van der Waals surface area contributed by atoms with Gasteiger partial charge in [0.05, 0.1) is 6.61 Å². The number of nitrogens with one attached hydrogen (secondary N) is 1. The van der Waals surface area contributed by atoms with Gasteiger partial charge >= 0.3 is 14.9 Å². The first-order valence-electron chi connectivity index (χ1n) is 12.5. The molecular formula is C25H36N4O6Si. The van der Waals surface area contributed by atoms with E-state index in [9.17, 15) is 9.90 Å². The van der Waals surface area contributed by atoms with Gasteiger partial charge in [0.15, 0.2) is 0 Å². The van der Waals surface area contributed by atoms with Gasteiger partial charge in [-0.2, -0.15) is 0 Å². The molecule has 196 valence electrons. The molecule has 1 heterocycles. The van der Waals surface area contributed by atoms with E-state index in [1.165, 1.54) is 4.80 Å². The molecule has 0 aliphatic heterocycles. The maximum Gasteiger partial charge on any atom is 0.500 e. The molecule has 36 heavy (non-hydrogen) atoms. The second-order valence-electron chi connectivity index (χ2n) is 8.05. The highest BCUT2D eigenvalue weighted by molar-refractivity contribution is 6.60. The number of rotatable bonds is 15. The maximum absolute atomic E-state index is 12.1. The van der Waals surface area contributed by atoms with Crippen molar-refractivity contribution in [1.29, 1.82) is 0 Å². The van der Waals surface area contributed by atoms with E-state index in [0.29, 0.717) is 57.4 Å². The third-order valence-electron chi connectivity index (χ3n) is 5.41. The van der Waals surface area contributed by atoms with E-state index < -0.39 is 14.9 Å². The maximum atomic E-state index is 12.1. The Labute approximate surface area is 212 Å². The molecule has 1 aromatic heterocycles. The summed E-state index contributed by atoms with van der Waals surface area (Å²) in [7, 11) is -2.70. The van der Waals surface area contributed by atoms with Crippen molar-refractivity contribution in [2.45, 2.75) is 46.1 Å². The molecule has 2 aromatic carbocycles. The number of nitrogens with zero attached hydrogens (tertiary/aromatic N) is 3.